The number of thioether (sulfide) groups is 1. The molecular formula is C13H15NO3S. The molecule has 0 aliphatic heterocycles. The molecule has 0 unspecified atom stereocenters. The number of amides is 1. The minimum atomic E-state index is -1.21. The predicted octanol–water partition coefficient (Wildman–Crippen LogP) is 2.60. The van der Waals surface area contributed by atoms with Crippen LogP contribution >= 0.6 is 11.8 Å². The first-order valence-corrected chi connectivity index (χ1v) is 7.00. The predicted molar refractivity (Wildman–Crippen MR) is 70.8 cm³/mol. The van der Waals surface area contributed by atoms with E-state index in [-0.39, 0.29) is 0 Å². The molecule has 0 atom stereocenters. The normalized spacial score (nSPS) is 16.7. The third kappa shape index (κ3) is 2.22. The van der Waals surface area contributed by atoms with Crippen molar-refractivity contribution in [2.24, 2.45) is 5.41 Å². The maximum absolute atomic E-state index is 12.1. The van der Waals surface area contributed by atoms with Gasteiger partial charge in [0.15, 0.2) is 0 Å². The van der Waals surface area contributed by atoms with Crippen molar-refractivity contribution >= 4 is 29.3 Å². The number of benzene rings is 1. The van der Waals surface area contributed by atoms with Crippen LogP contribution < -0.4 is 5.32 Å². The van der Waals surface area contributed by atoms with E-state index in [0.717, 1.165) is 11.3 Å². The maximum Gasteiger partial charge on any atom is 0.319 e. The second-order valence-corrected chi connectivity index (χ2v) is 5.31. The average Bonchev–Trinajstić information content (AvgIpc) is 2.27. The summed E-state index contributed by atoms with van der Waals surface area (Å²) in [6.45, 7) is 0. The zero-order valence-electron chi connectivity index (χ0n) is 10.1. The standard InChI is InChI=1S/C13H15NO3S/c1-18-10-5-2-4-9(8-10)14-11(15)13(12(16)17)6-3-7-13/h2,4-5,8H,3,6-7H2,1H3,(H,14,15)(H,16,17). The highest BCUT2D eigenvalue weighted by Gasteiger charge is 2.51. The van der Waals surface area contributed by atoms with Crippen LogP contribution in [0.25, 0.3) is 0 Å². The van der Waals surface area contributed by atoms with Gasteiger partial charge in [-0.1, -0.05) is 12.5 Å². The van der Waals surface area contributed by atoms with E-state index in [4.69, 9.17) is 5.11 Å². The van der Waals surface area contributed by atoms with Gasteiger partial charge in [0.25, 0.3) is 0 Å². The SMILES string of the molecule is CSc1cccc(NC(=O)C2(C(=O)O)CCC2)c1. The van der Waals surface area contributed by atoms with Crippen LogP contribution in [0.15, 0.2) is 29.2 Å². The van der Waals surface area contributed by atoms with Gasteiger partial charge in [0.05, 0.1) is 0 Å². The van der Waals surface area contributed by atoms with Crippen LogP contribution in [0, 0.1) is 5.41 Å². The molecule has 1 aromatic carbocycles. The molecule has 2 N–H and O–H groups in total. The van der Waals surface area contributed by atoms with E-state index >= 15 is 0 Å². The van der Waals surface area contributed by atoms with Crippen molar-refractivity contribution in [3.8, 4) is 0 Å². The lowest BCUT2D eigenvalue weighted by atomic mass is 9.68. The Balaban J connectivity index is 2.13. The third-order valence-electron chi connectivity index (χ3n) is 3.38. The van der Waals surface area contributed by atoms with Crippen LogP contribution in [0.4, 0.5) is 5.69 Å². The molecule has 0 saturated heterocycles. The highest BCUT2D eigenvalue weighted by Crippen LogP contribution is 2.42. The number of carboxylic acids is 1. The van der Waals surface area contributed by atoms with E-state index in [1.165, 1.54) is 0 Å². The summed E-state index contributed by atoms with van der Waals surface area (Å²) in [6.07, 6.45) is 3.60. The fourth-order valence-corrected chi connectivity index (χ4v) is 2.48. The first-order valence-electron chi connectivity index (χ1n) is 5.77. The van der Waals surface area contributed by atoms with Gasteiger partial charge in [0.1, 0.15) is 5.41 Å². The molecule has 18 heavy (non-hydrogen) atoms. The fourth-order valence-electron chi connectivity index (χ4n) is 2.02. The Bertz CT molecular complexity index is 483. The molecule has 0 bridgehead atoms. The molecule has 1 fully saturated rings. The first-order chi connectivity index (χ1) is 8.58. The lowest BCUT2D eigenvalue weighted by molar-refractivity contribution is -0.159. The van der Waals surface area contributed by atoms with E-state index < -0.39 is 17.3 Å². The quantitative estimate of drug-likeness (QED) is 0.648. The molecule has 5 heteroatoms. The Hall–Kier alpha value is -1.49. The number of rotatable bonds is 4. The van der Waals surface area contributed by atoms with Crippen LogP contribution in [0.5, 0.6) is 0 Å². The highest BCUT2D eigenvalue weighted by molar-refractivity contribution is 7.98. The molecular weight excluding hydrogens is 250 g/mol. The Kier molecular flexibility index (Phi) is 3.61. The number of carbonyl (C=O) groups excluding carboxylic acids is 1. The van der Waals surface area contributed by atoms with Crippen LogP contribution in [0.3, 0.4) is 0 Å². The maximum atomic E-state index is 12.1. The van der Waals surface area contributed by atoms with Gasteiger partial charge in [-0.15, -0.1) is 11.8 Å². The van der Waals surface area contributed by atoms with Gasteiger partial charge in [-0.3, -0.25) is 9.59 Å². The van der Waals surface area contributed by atoms with Crippen molar-refractivity contribution in [1.82, 2.24) is 0 Å². The largest absolute Gasteiger partial charge is 0.480 e. The summed E-state index contributed by atoms with van der Waals surface area (Å²) in [4.78, 5) is 24.3. The van der Waals surface area contributed by atoms with Crippen LogP contribution in [0.2, 0.25) is 0 Å². The minimum absolute atomic E-state index is 0.403. The summed E-state index contributed by atoms with van der Waals surface area (Å²) >= 11 is 1.58. The second-order valence-electron chi connectivity index (χ2n) is 4.43. The summed E-state index contributed by atoms with van der Waals surface area (Å²) in [5, 5.41) is 11.9. The molecule has 0 heterocycles. The molecule has 1 amide bonds. The second kappa shape index (κ2) is 5.02. The van der Waals surface area contributed by atoms with Gasteiger partial charge < -0.3 is 10.4 Å². The molecule has 1 aliphatic carbocycles. The summed E-state index contributed by atoms with van der Waals surface area (Å²) in [5.41, 5.74) is -0.561. The van der Waals surface area contributed by atoms with E-state index in [2.05, 4.69) is 5.32 Å². The van der Waals surface area contributed by atoms with Gasteiger partial charge in [0, 0.05) is 10.6 Å². The van der Waals surface area contributed by atoms with Gasteiger partial charge in [-0.05, 0) is 37.3 Å². The fraction of sp³-hybridized carbons (Fsp3) is 0.385. The van der Waals surface area contributed by atoms with Crippen molar-refractivity contribution < 1.29 is 14.7 Å². The first kappa shape index (κ1) is 13.0. The molecule has 96 valence electrons. The summed E-state index contributed by atoms with van der Waals surface area (Å²) < 4.78 is 0. The number of hydrogen-bond donors (Lipinski definition) is 2. The number of carbonyl (C=O) groups is 2. The van der Waals surface area contributed by atoms with Crippen LogP contribution in [-0.4, -0.2) is 23.2 Å². The molecule has 0 radical (unpaired) electrons. The molecule has 1 aliphatic rings. The topological polar surface area (TPSA) is 66.4 Å². The highest BCUT2D eigenvalue weighted by atomic mass is 32.2. The summed E-state index contributed by atoms with van der Waals surface area (Å²) in [5.74, 6) is -1.42. The van der Waals surface area contributed by atoms with Crippen molar-refractivity contribution in [3.05, 3.63) is 24.3 Å². The van der Waals surface area contributed by atoms with E-state index in [9.17, 15) is 9.59 Å². The Morgan fingerprint density at radius 1 is 1.39 bits per heavy atom. The third-order valence-corrected chi connectivity index (χ3v) is 4.10. The molecule has 2 rings (SSSR count). The lowest BCUT2D eigenvalue weighted by Gasteiger charge is -2.35. The molecule has 1 aromatic rings. The summed E-state index contributed by atoms with van der Waals surface area (Å²) in [6, 6.07) is 7.40. The van der Waals surface area contributed by atoms with Gasteiger partial charge in [-0.25, -0.2) is 0 Å². The Morgan fingerprint density at radius 2 is 2.11 bits per heavy atom. The monoisotopic (exact) mass is 265 g/mol. The zero-order valence-corrected chi connectivity index (χ0v) is 10.9. The zero-order chi connectivity index (χ0) is 13.2. The van der Waals surface area contributed by atoms with E-state index in [1.807, 2.05) is 24.5 Å². The minimum Gasteiger partial charge on any atom is -0.480 e. The van der Waals surface area contributed by atoms with Gasteiger partial charge in [0.2, 0.25) is 5.91 Å². The number of nitrogens with one attached hydrogen (secondary N) is 1. The van der Waals surface area contributed by atoms with E-state index in [0.29, 0.717) is 18.5 Å². The van der Waals surface area contributed by atoms with Crippen LogP contribution in [0.1, 0.15) is 19.3 Å². The number of carboxylic acid groups (broad SMARTS) is 1. The van der Waals surface area contributed by atoms with E-state index in [1.54, 1.807) is 17.8 Å². The number of aliphatic carboxylic acids is 1. The number of hydrogen-bond acceptors (Lipinski definition) is 3. The lowest BCUT2D eigenvalue weighted by Crippen LogP contribution is -2.48. The molecule has 0 spiro atoms. The Morgan fingerprint density at radius 3 is 2.61 bits per heavy atom. The van der Waals surface area contributed by atoms with Crippen molar-refractivity contribution in [2.45, 2.75) is 24.2 Å². The number of anilines is 1. The Labute approximate surface area is 110 Å². The van der Waals surface area contributed by atoms with Gasteiger partial charge >= 0.3 is 5.97 Å². The van der Waals surface area contributed by atoms with Crippen molar-refractivity contribution in [2.75, 3.05) is 11.6 Å². The smallest absolute Gasteiger partial charge is 0.319 e. The summed E-state index contributed by atoms with van der Waals surface area (Å²) in [7, 11) is 0. The molecule has 4 nitrogen and oxygen atoms in total. The van der Waals surface area contributed by atoms with Gasteiger partial charge in [-0.2, -0.15) is 0 Å². The van der Waals surface area contributed by atoms with Crippen LogP contribution in [-0.2, 0) is 9.59 Å². The molecule has 0 aromatic heterocycles. The van der Waals surface area contributed by atoms with Crippen molar-refractivity contribution in [3.63, 3.8) is 0 Å². The van der Waals surface area contributed by atoms with Crippen molar-refractivity contribution in [1.29, 1.82) is 0 Å². The average molecular weight is 265 g/mol. The molecule has 1 saturated carbocycles.